The van der Waals surface area contributed by atoms with Crippen LogP contribution >= 0.6 is 0 Å². The first-order valence-electron chi connectivity index (χ1n) is 9.05. The Balaban J connectivity index is 1.78. The van der Waals surface area contributed by atoms with Crippen molar-refractivity contribution in [2.24, 2.45) is 0 Å². The number of nitrogens with zero attached hydrogens (tertiary/aromatic N) is 3. The SMILES string of the molecule is CCCOc1nc(Oc2cc(F)ccc2F)nc2oc(-c3cccc(C)c3)nc12. The van der Waals surface area contributed by atoms with E-state index in [1.807, 2.05) is 38.1 Å². The van der Waals surface area contributed by atoms with Crippen LogP contribution < -0.4 is 9.47 Å². The number of aryl methyl sites for hydroxylation is 1. The second-order valence-corrected chi connectivity index (χ2v) is 6.38. The molecule has 2 heterocycles. The average Bonchev–Trinajstić information content (AvgIpc) is 3.13. The summed E-state index contributed by atoms with van der Waals surface area (Å²) in [7, 11) is 0. The van der Waals surface area contributed by atoms with Gasteiger partial charge in [-0.2, -0.15) is 9.97 Å². The quantitative estimate of drug-likeness (QED) is 0.431. The normalized spacial score (nSPS) is 11.0. The monoisotopic (exact) mass is 397 g/mol. The zero-order valence-electron chi connectivity index (χ0n) is 15.8. The summed E-state index contributed by atoms with van der Waals surface area (Å²) < 4.78 is 44.1. The minimum atomic E-state index is -0.746. The van der Waals surface area contributed by atoms with E-state index in [4.69, 9.17) is 13.9 Å². The molecular weight excluding hydrogens is 380 g/mol. The van der Waals surface area contributed by atoms with Gasteiger partial charge in [0.15, 0.2) is 17.1 Å². The maximum Gasteiger partial charge on any atom is 0.328 e. The highest BCUT2D eigenvalue weighted by molar-refractivity contribution is 5.78. The first kappa shape index (κ1) is 18.8. The Kier molecular flexibility index (Phi) is 5.07. The largest absolute Gasteiger partial charge is 0.476 e. The maximum atomic E-state index is 13.9. The fourth-order valence-electron chi connectivity index (χ4n) is 2.68. The number of ether oxygens (including phenoxy) is 2. The molecule has 2 aromatic carbocycles. The molecule has 0 N–H and O–H groups in total. The van der Waals surface area contributed by atoms with Crippen molar-refractivity contribution in [3.05, 3.63) is 59.7 Å². The topological polar surface area (TPSA) is 70.3 Å². The molecule has 0 saturated carbocycles. The van der Waals surface area contributed by atoms with E-state index in [1.54, 1.807) is 0 Å². The molecule has 0 aliphatic carbocycles. The van der Waals surface area contributed by atoms with Crippen molar-refractivity contribution in [2.75, 3.05) is 6.61 Å². The van der Waals surface area contributed by atoms with Gasteiger partial charge in [0.2, 0.25) is 5.89 Å². The van der Waals surface area contributed by atoms with E-state index in [1.165, 1.54) is 0 Å². The molecule has 0 aliphatic rings. The summed E-state index contributed by atoms with van der Waals surface area (Å²) in [5, 5.41) is 0. The lowest BCUT2D eigenvalue weighted by Crippen LogP contribution is -2.01. The number of benzene rings is 2. The Hall–Kier alpha value is -3.55. The lowest BCUT2D eigenvalue weighted by atomic mass is 10.1. The van der Waals surface area contributed by atoms with E-state index in [-0.39, 0.29) is 23.4 Å². The van der Waals surface area contributed by atoms with Crippen LogP contribution in [-0.4, -0.2) is 21.6 Å². The average molecular weight is 397 g/mol. The summed E-state index contributed by atoms with van der Waals surface area (Å²) in [4.78, 5) is 12.8. The third-order valence-electron chi connectivity index (χ3n) is 4.01. The fraction of sp³-hybridized carbons (Fsp3) is 0.190. The van der Waals surface area contributed by atoms with Crippen molar-refractivity contribution in [3.63, 3.8) is 0 Å². The van der Waals surface area contributed by atoms with Crippen molar-refractivity contribution in [1.29, 1.82) is 0 Å². The van der Waals surface area contributed by atoms with E-state index in [9.17, 15) is 8.78 Å². The minimum Gasteiger partial charge on any atom is -0.476 e. The molecule has 0 unspecified atom stereocenters. The Morgan fingerprint density at radius 3 is 2.69 bits per heavy atom. The first-order chi connectivity index (χ1) is 14.0. The van der Waals surface area contributed by atoms with Gasteiger partial charge in [-0.15, -0.1) is 0 Å². The summed E-state index contributed by atoms with van der Waals surface area (Å²) in [6.45, 7) is 4.28. The molecule has 0 radical (unpaired) electrons. The van der Waals surface area contributed by atoms with Crippen LogP contribution in [0.1, 0.15) is 18.9 Å². The highest BCUT2D eigenvalue weighted by Gasteiger charge is 2.19. The summed E-state index contributed by atoms with van der Waals surface area (Å²) in [6, 6.07) is 10.3. The smallest absolute Gasteiger partial charge is 0.328 e. The zero-order valence-corrected chi connectivity index (χ0v) is 15.8. The van der Waals surface area contributed by atoms with Crippen LogP contribution in [0.25, 0.3) is 22.7 Å². The van der Waals surface area contributed by atoms with Crippen molar-refractivity contribution < 1.29 is 22.7 Å². The molecule has 29 heavy (non-hydrogen) atoms. The summed E-state index contributed by atoms with van der Waals surface area (Å²) >= 11 is 0. The zero-order chi connectivity index (χ0) is 20.4. The van der Waals surface area contributed by atoms with Crippen LogP contribution in [0.5, 0.6) is 17.6 Å². The van der Waals surface area contributed by atoms with Crippen LogP contribution in [0.4, 0.5) is 8.78 Å². The van der Waals surface area contributed by atoms with Gasteiger partial charge in [-0.25, -0.2) is 13.8 Å². The van der Waals surface area contributed by atoms with Crippen LogP contribution in [0.3, 0.4) is 0 Å². The Morgan fingerprint density at radius 2 is 1.90 bits per heavy atom. The van der Waals surface area contributed by atoms with Gasteiger partial charge in [-0.05, 0) is 37.6 Å². The third-order valence-corrected chi connectivity index (χ3v) is 4.01. The van der Waals surface area contributed by atoms with Crippen LogP contribution in [0.15, 0.2) is 46.9 Å². The Morgan fingerprint density at radius 1 is 1.03 bits per heavy atom. The van der Waals surface area contributed by atoms with E-state index in [2.05, 4.69) is 15.0 Å². The number of hydrogen-bond acceptors (Lipinski definition) is 6. The predicted octanol–water partition coefficient (Wildman–Crippen LogP) is 5.45. The molecule has 8 heteroatoms. The number of aromatic nitrogens is 3. The molecule has 0 bridgehead atoms. The van der Waals surface area contributed by atoms with Crippen molar-refractivity contribution in [2.45, 2.75) is 20.3 Å². The van der Waals surface area contributed by atoms with Gasteiger partial charge in [0.25, 0.3) is 11.6 Å². The molecule has 6 nitrogen and oxygen atoms in total. The van der Waals surface area contributed by atoms with Crippen LogP contribution in [-0.2, 0) is 0 Å². The molecule has 2 aromatic heterocycles. The molecular formula is C21H17F2N3O3. The van der Waals surface area contributed by atoms with Crippen LogP contribution in [0.2, 0.25) is 0 Å². The van der Waals surface area contributed by atoms with Gasteiger partial charge in [-0.1, -0.05) is 24.6 Å². The molecule has 148 valence electrons. The van der Waals surface area contributed by atoms with E-state index in [0.29, 0.717) is 18.0 Å². The van der Waals surface area contributed by atoms with Gasteiger partial charge < -0.3 is 13.9 Å². The number of halogens is 2. The van der Waals surface area contributed by atoms with E-state index >= 15 is 0 Å². The highest BCUT2D eigenvalue weighted by Crippen LogP contribution is 2.32. The summed E-state index contributed by atoms with van der Waals surface area (Å²) in [6.07, 6.45) is 0.739. The lowest BCUT2D eigenvalue weighted by molar-refractivity contribution is 0.301. The van der Waals surface area contributed by atoms with Gasteiger partial charge in [-0.3, -0.25) is 0 Å². The highest BCUT2D eigenvalue weighted by atomic mass is 19.1. The first-order valence-corrected chi connectivity index (χ1v) is 9.05. The van der Waals surface area contributed by atoms with Crippen LogP contribution in [0, 0.1) is 18.6 Å². The molecule has 0 saturated heterocycles. The van der Waals surface area contributed by atoms with Crippen molar-refractivity contribution in [3.8, 4) is 29.1 Å². The number of hydrogen-bond donors (Lipinski definition) is 0. The lowest BCUT2D eigenvalue weighted by Gasteiger charge is -2.07. The van der Waals surface area contributed by atoms with Crippen molar-refractivity contribution in [1.82, 2.24) is 15.0 Å². The molecule has 0 amide bonds. The predicted molar refractivity (Wildman–Crippen MR) is 102 cm³/mol. The van der Waals surface area contributed by atoms with E-state index in [0.717, 1.165) is 35.7 Å². The number of fused-ring (bicyclic) bond motifs is 1. The second-order valence-electron chi connectivity index (χ2n) is 6.38. The maximum absolute atomic E-state index is 13.9. The van der Waals surface area contributed by atoms with Gasteiger partial charge in [0.05, 0.1) is 6.61 Å². The summed E-state index contributed by atoms with van der Waals surface area (Å²) in [5.74, 6) is -1.25. The van der Waals surface area contributed by atoms with Gasteiger partial charge in [0.1, 0.15) is 5.82 Å². The number of rotatable bonds is 6. The number of oxazole rings is 1. The third kappa shape index (κ3) is 4.01. The van der Waals surface area contributed by atoms with Crippen molar-refractivity contribution >= 4 is 11.2 Å². The van der Waals surface area contributed by atoms with Gasteiger partial charge >= 0.3 is 6.01 Å². The molecule has 4 rings (SSSR count). The second kappa shape index (κ2) is 7.83. The molecule has 0 fully saturated rings. The Bertz CT molecular complexity index is 1180. The molecule has 0 aliphatic heterocycles. The fourth-order valence-corrected chi connectivity index (χ4v) is 2.68. The molecule has 0 atom stereocenters. The summed E-state index contributed by atoms with van der Waals surface area (Å²) in [5.41, 5.74) is 2.25. The standard InChI is InChI=1S/C21H17F2N3O3/c1-3-9-27-19-17-20(29-18(24-17)13-6-4-5-12(2)10-13)26-21(25-19)28-16-11-14(22)7-8-15(16)23/h4-8,10-11H,3,9H2,1-2H3. The molecule has 4 aromatic rings. The molecule has 0 spiro atoms. The Labute approximate surface area is 165 Å². The van der Waals surface area contributed by atoms with Gasteiger partial charge in [0, 0.05) is 11.6 Å². The minimum absolute atomic E-state index is 0.120. The van der Waals surface area contributed by atoms with E-state index < -0.39 is 11.6 Å².